The predicted molar refractivity (Wildman–Crippen MR) is 128 cm³/mol. The van der Waals surface area contributed by atoms with Crippen LogP contribution in [0.3, 0.4) is 0 Å². The molecule has 1 saturated heterocycles. The summed E-state index contributed by atoms with van der Waals surface area (Å²) in [6.45, 7) is 1.52. The number of hydrogen-bond donors (Lipinski definition) is 2. The Balaban J connectivity index is 1.27. The molecule has 0 bridgehead atoms. The highest BCUT2D eigenvalue weighted by molar-refractivity contribution is 7.90. The molecule has 2 aliphatic carbocycles. The van der Waals surface area contributed by atoms with Gasteiger partial charge in [-0.3, -0.25) is 4.79 Å². The number of rotatable bonds is 10. The van der Waals surface area contributed by atoms with Crippen molar-refractivity contribution in [3.63, 3.8) is 0 Å². The lowest BCUT2D eigenvalue weighted by Crippen LogP contribution is -2.56. The molecule has 1 aliphatic heterocycles. The van der Waals surface area contributed by atoms with Gasteiger partial charge in [-0.2, -0.15) is 0 Å². The Morgan fingerprint density at radius 2 is 1.76 bits per heavy atom. The largest absolute Gasteiger partial charge is 0.486 e. The molecule has 3 aliphatic rings. The molecule has 4 rings (SSSR count). The molecule has 1 aromatic rings. The summed E-state index contributed by atoms with van der Waals surface area (Å²) in [6, 6.07) is 7.91. The fraction of sp³-hybridized carbons (Fsp3) is 0.720. The van der Waals surface area contributed by atoms with Crippen LogP contribution in [0.4, 0.5) is 0 Å². The molecule has 0 unspecified atom stereocenters. The minimum Gasteiger partial charge on any atom is -0.486 e. The first kappa shape index (κ1) is 24.6. The van der Waals surface area contributed by atoms with Gasteiger partial charge in [0.1, 0.15) is 12.4 Å². The van der Waals surface area contributed by atoms with Gasteiger partial charge in [0.2, 0.25) is 10.0 Å². The maximum atomic E-state index is 12.8. The fourth-order valence-electron chi connectivity index (χ4n) is 5.63. The van der Waals surface area contributed by atoms with E-state index in [1.54, 1.807) is 0 Å². The number of aldehydes is 1. The Kier molecular flexibility index (Phi) is 8.79. The van der Waals surface area contributed by atoms with Gasteiger partial charge in [0.25, 0.3) is 0 Å². The van der Waals surface area contributed by atoms with Gasteiger partial charge >= 0.3 is 0 Å². The smallest absolute Gasteiger partial charge is 0.214 e. The summed E-state index contributed by atoms with van der Waals surface area (Å²) < 4.78 is 40.5. The summed E-state index contributed by atoms with van der Waals surface area (Å²) in [5.74, 6) is 1.21. The Morgan fingerprint density at radius 1 is 1.00 bits per heavy atom. The van der Waals surface area contributed by atoms with Crippen LogP contribution in [-0.2, 0) is 19.6 Å². The van der Waals surface area contributed by atoms with Crippen molar-refractivity contribution >= 4 is 16.3 Å². The SMILES string of the molecule is O=CCOc1ccccc1C1CCC(OC[C@@H]2NCCC[C@@H]2NS(=O)(=O)C2CCCC2)CC1. The van der Waals surface area contributed by atoms with Crippen molar-refractivity contribution in [1.82, 2.24) is 10.0 Å². The van der Waals surface area contributed by atoms with Gasteiger partial charge in [-0.1, -0.05) is 31.0 Å². The molecule has 1 aromatic carbocycles. The summed E-state index contributed by atoms with van der Waals surface area (Å²) >= 11 is 0. The van der Waals surface area contributed by atoms with Crippen molar-refractivity contribution in [1.29, 1.82) is 0 Å². The number of hydrogen-bond acceptors (Lipinski definition) is 6. The Bertz CT molecular complexity index is 863. The van der Waals surface area contributed by atoms with Crippen LogP contribution in [0.15, 0.2) is 24.3 Å². The second-order valence-corrected chi connectivity index (χ2v) is 11.7. The average molecular weight is 479 g/mol. The maximum absolute atomic E-state index is 12.8. The van der Waals surface area contributed by atoms with Gasteiger partial charge in [-0.15, -0.1) is 0 Å². The van der Waals surface area contributed by atoms with E-state index >= 15 is 0 Å². The summed E-state index contributed by atoms with van der Waals surface area (Å²) in [7, 11) is -3.26. The third kappa shape index (κ3) is 6.56. The molecule has 33 heavy (non-hydrogen) atoms. The lowest BCUT2D eigenvalue weighted by Gasteiger charge is -2.36. The first-order chi connectivity index (χ1) is 16.1. The molecule has 8 heteroatoms. The van der Waals surface area contributed by atoms with Crippen LogP contribution in [-0.4, -0.2) is 57.9 Å². The number of benzene rings is 1. The number of carbonyl (C=O) groups is 1. The molecule has 2 atom stereocenters. The van der Waals surface area contributed by atoms with Crippen LogP contribution in [0.1, 0.15) is 75.7 Å². The van der Waals surface area contributed by atoms with Crippen LogP contribution < -0.4 is 14.8 Å². The molecule has 2 N–H and O–H groups in total. The zero-order valence-corrected chi connectivity index (χ0v) is 20.2. The van der Waals surface area contributed by atoms with E-state index in [1.165, 1.54) is 5.56 Å². The molecular weight excluding hydrogens is 440 g/mol. The molecule has 184 valence electrons. The molecule has 7 nitrogen and oxygen atoms in total. The monoisotopic (exact) mass is 478 g/mol. The minimum absolute atomic E-state index is 0.0186. The Labute approximate surface area is 198 Å². The quantitative estimate of drug-likeness (QED) is 0.501. The molecular formula is C25H38N2O5S. The Morgan fingerprint density at radius 3 is 2.52 bits per heavy atom. The van der Waals surface area contributed by atoms with Gasteiger partial charge in [0, 0.05) is 12.1 Å². The van der Waals surface area contributed by atoms with E-state index in [4.69, 9.17) is 9.47 Å². The standard InChI is InChI=1S/C25H38N2O5S/c28-16-17-31-25-10-4-3-8-22(25)19-11-13-20(14-12-19)32-18-24-23(9-5-15-26-24)27-33(29,30)21-6-1-2-7-21/h3-4,8,10,16,19-21,23-24,26-27H,1-2,5-7,9,11-15,17-18H2/t19?,20?,23-,24-/m0/s1. The van der Waals surface area contributed by atoms with E-state index in [2.05, 4.69) is 16.1 Å². The lowest BCUT2D eigenvalue weighted by atomic mass is 9.82. The average Bonchev–Trinajstić information content (AvgIpc) is 3.39. The fourth-order valence-corrected chi connectivity index (χ4v) is 7.48. The summed E-state index contributed by atoms with van der Waals surface area (Å²) in [6.07, 6.45) is 10.4. The molecule has 0 spiro atoms. The van der Waals surface area contributed by atoms with Crippen molar-refractivity contribution in [2.24, 2.45) is 0 Å². The highest BCUT2D eigenvalue weighted by atomic mass is 32.2. The van der Waals surface area contributed by atoms with E-state index in [9.17, 15) is 13.2 Å². The third-order valence-corrected chi connectivity index (χ3v) is 9.47. The number of sulfonamides is 1. The maximum Gasteiger partial charge on any atom is 0.214 e. The van der Waals surface area contributed by atoms with Crippen LogP contribution in [0, 0.1) is 0 Å². The highest BCUT2D eigenvalue weighted by Crippen LogP contribution is 2.38. The van der Waals surface area contributed by atoms with Crippen LogP contribution >= 0.6 is 0 Å². The van der Waals surface area contributed by atoms with Crippen molar-refractivity contribution in [3.8, 4) is 5.75 Å². The van der Waals surface area contributed by atoms with Gasteiger partial charge in [-0.25, -0.2) is 13.1 Å². The van der Waals surface area contributed by atoms with E-state index < -0.39 is 10.0 Å². The first-order valence-electron chi connectivity index (χ1n) is 12.6. The lowest BCUT2D eigenvalue weighted by molar-refractivity contribution is -0.109. The van der Waals surface area contributed by atoms with Crippen LogP contribution in [0.5, 0.6) is 5.75 Å². The second kappa shape index (κ2) is 11.8. The molecule has 3 fully saturated rings. The summed E-state index contributed by atoms with van der Waals surface area (Å²) in [4.78, 5) is 10.7. The molecule has 1 heterocycles. The van der Waals surface area contributed by atoms with Gasteiger partial charge in [0.15, 0.2) is 6.29 Å². The van der Waals surface area contributed by atoms with Crippen molar-refractivity contribution in [2.45, 2.75) is 93.6 Å². The van der Waals surface area contributed by atoms with Crippen molar-refractivity contribution in [3.05, 3.63) is 29.8 Å². The zero-order valence-electron chi connectivity index (χ0n) is 19.4. The van der Waals surface area contributed by atoms with Gasteiger partial charge in [0.05, 0.1) is 18.0 Å². The van der Waals surface area contributed by atoms with E-state index in [0.29, 0.717) is 12.5 Å². The van der Waals surface area contributed by atoms with E-state index in [1.807, 2.05) is 18.2 Å². The molecule has 0 aromatic heterocycles. The van der Waals surface area contributed by atoms with Gasteiger partial charge < -0.3 is 14.8 Å². The Hall–Kier alpha value is -1.48. The molecule has 0 amide bonds. The topological polar surface area (TPSA) is 93.7 Å². The van der Waals surface area contributed by atoms with Crippen LogP contribution in [0.25, 0.3) is 0 Å². The minimum atomic E-state index is -3.26. The summed E-state index contributed by atoms with van der Waals surface area (Å²) in [5, 5.41) is 3.26. The predicted octanol–water partition coefficient (Wildman–Crippen LogP) is 3.29. The highest BCUT2D eigenvalue weighted by Gasteiger charge is 2.35. The molecule has 0 radical (unpaired) electrons. The third-order valence-electron chi connectivity index (χ3n) is 7.49. The number of nitrogens with one attached hydrogen (secondary N) is 2. The van der Waals surface area contributed by atoms with Crippen molar-refractivity contribution < 1.29 is 22.7 Å². The van der Waals surface area contributed by atoms with Gasteiger partial charge in [-0.05, 0) is 75.5 Å². The van der Waals surface area contributed by atoms with E-state index in [0.717, 1.165) is 82.8 Å². The molecule has 2 saturated carbocycles. The number of ether oxygens (including phenoxy) is 2. The van der Waals surface area contributed by atoms with Crippen LogP contribution in [0.2, 0.25) is 0 Å². The summed E-state index contributed by atoms with van der Waals surface area (Å²) in [5.41, 5.74) is 1.17. The number of piperidine rings is 1. The zero-order chi connectivity index (χ0) is 23.1. The van der Waals surface area contributed by atoms with Crippen molar-refractivity contribution in [2.75, 3.05) is 19.8 Å². The second-order valence-electron chi connectivity index (χ2n) is 9.70. The normalized spacial score (nSPS) is 29.1. The number of para-hydroxylation sites is 1. The van der Waals surface area contributed by atoms with E-state index in [-0.39, 0.29) is 30.0 Å². The first-order valence-corrected chi connectivity index (χ1v) is 14.1. The number of carbonyl (C=O) groups excluding carboxylic acids is 1.